The molecule has 8 heteroatoms. The second-order valence-corrected chi connectivity index (χ2v) is 6.93. The van der Waals surface area contributed by atoms with E-state index in [2.05, 4.69) is 15.0 Å². The number of nitrogens with one attached hydrogen (secondary N) is 1. The van der Waals surface area contributed by atoms with Crippen LogP contribution in [-0.2, 0) is 0 Å². The monoisotopic (exact) mass is 380 g/mol. The van der Waals surface area contributed by atoms with Gasteiger partial charge in [-0.3, -0.25) is 4.79 Å². The van der Waals surface area contributed by atoms with Crippen molar-refractivity contribution in [2.24, 2.45) is 5.92 Å². The lowest BCUT2D eigenvalue weighted by Crippen LogP contribution is -2.57. The summed E-state index contributed by atoms with van der Waals surface area (Å²) in [6, 6.07) is 8.70. The van der Waals surface area contributed by atoms with Crippen molar-refractivity contribution in [3.05, 3.63) is 42.2 Å². The fourth-order valence-corrected chi connectivity index (χ4v) is 3.86. The quantitative estimate of drug-likeness (QED) is 0.880. The number of para-hydroxylation sites is 1. The van der Waals surface area contributed by atoms with Gasteiger partial charge in [0, 0.05) is 12.6 Å². The van der Waals surface area contributed by atoms with Crippen molar-refractivity contribution >= 4 is 5.91 Å². The lowest BCUT2D eigenvalue weighted by molar-refractivity contribution is -0.274. The maximum atomic E-state index is 12.6. The smallest absolute Gasteiger partial charge is 0.451 e. The van der Waals surface area contributed by atoms with Crippen LogP contribution < -0.4 is 10.1 Å². The molecule has 0 spiro atoms. The molecule has 1 aromatic heterocycles. The van der Waals surface area contributed by atoms with Crippen molar-refractivity contribution in [2.75, 3.05) is 19.6 Å². The zero-order chi connectivity index (χ0) is 19.0. The van der Waals surface area contributed by atoms with Crippen LogP contribution in [0.3, 0.4) is 0 Å². The van der Waals surface area contributed by atoms with Crippen molar-refractivity contribution < 1.29 is 27.1 Å². The average Bonchev–Trinajstić information content (AvgIpc) is 3.12. The van der Waals surface area contributed by atoms with E-state index in [0.717, 1.165) is 32.5 Å². The number of alkyl halides is 3. The number of ether oxygens (including phenoxy) is 1. The van der Waals surface area contributed by atoms with E-state index in [0.29, 0.717) is 5.92 Å². The molecular weight excluding hydrogens is 361 g/mol. The molecule has 5 rings (SSSR count). The molecular formula is C19H19F3N2O3. The molecule has 3 saturated heterocycles. The Morgan fingerprint density at radius 3 is 2.56 bits per heavy atom. The first-order chi connectivity index (χ1) is 12.9. The molecule has 2 aromatic rings. The largest absolute Gasteiger partial charge is 0.573 e. The highest BCUT2D eigenvalue weighted by atomic mass is 19.4. The van der Waals surface area contributed by atoms with Crippen LogP contribution in [-0.4, -0.2) is 42.8 Å². The predicted octanol–water partition coefficient (Wildman–Crippen LogP) is 3.67. The first kappa shape index (κ1) is 17.9. The second-order valence-electron chi connectivity index (χ2n) is 6.93. The molecule has 1 aromatic carbocycles. The normalized spacial score (nSPS) is 24.6. The van der Waals surface area contributed by atoms with E-state index in [1.54, 1.807) is 6.07 Å². The highest BCUT2D eigenvalue weighted by molar-refractivity contribution is 5.92. The molecule has 5 nitrogen and oxygen atoms in total. The van der Waals surface area contributed by atoms with Crippen LogP contribution in [0.1, 0.15) is 23.4 Å². The van der Waals surface area contributed by atoms with Gasteiger partial charge < -0.3 is 19.4 Å². The number of carbonyl (C=O) groups excluding carboxylic acids is 1. The summed E-state index contributed by atoms with van der Waals surface area (Å²) in [6.45, 7) is 2.96. The van der Waals surface area contributed by atoms with Gasteiger partial charge in [0.2, 0.25) is 0 Å². The molecule has 4 heterocycles. The SMILES string of the molecule is O=C(N[C@H]1CN2CCC1CC2)c1ccc(-c2ccccc2OC(F)(F)F)o1. The number of fused-ring (bicyclic) bond motifs is 3. The van der Waals surface area contributed by atoms with Crippen LogP contribution in [0.5, 0.6) is 5.75 Å². The van der Waals surface area contributed by atoms with Crippen LogP contribution in [0.2, 0.25) is 0 Å². The number of carbonyl (C=O) groups is 1. The molecule has 0 unspecified atom stereocenters. The number of hydrogen-bond acceptors (Lipinski definition) is 4. The highest BCUT2D eigenvalue weighted by Crippen LogP contribution is 2.35. The summed E-state index contributed by atoms with van der Waals surface area (Å²) in [7, 11) is 0. The molecule has 3 aliphatic heterocycles. The molecule has 2 bridgehead atoms. The summed E-state index contributed by atoms with van der Waals surface area (Å²) in [5.41, 5.74) is 0.136. The minimum atomic E-state index is -4.81. The van der Waals surface area contributed by atoms with Crippen molar-refractivity contribution in [1.82, 2.24) is 10.2 Å². The molecule has 1 N–H and O–H groups in total. The molecule has 0 aliphatic carbocycles. The number of hydrogen-bond donors (Lipinski definition) is 1. The van der Waals surface area contributed by atoms with Crippen molar-refractivity contribution in [3.8, 4) is 17.1 Å². The first-order valence-corrected chi connectivity index (χ1v) is 8.87. The van der Waals surface area contributed by atoms with E-state index in [1.165, 1.54) is 30.3 Å². The van der Waals surface area contributed by atoms with E-state index in [9.17, 15) is 18.0 Å². The summed E-state index contributed by atoms with van der Waals surface area (Å²) in [5, 5.41) is 3.00. The molecule has 0 radical (unpaired) electrons. The van der Waals surface area contributed by atoms with Crippen molar-refractivity contribution in [1.29, 1.82) is 0 Å². The summed E-state index contributed by atoms with van der Waals surface area (Å²) >= 11 is 0. The summed E-state index contributed by atoms with van der Waals surface area (Å²) in [5.74, 6) is -0.0376. The van der Waals surface area contributed by atoms with Crippen LogP contribution >= 0.6 is 0 Å². The van der Waals surface area contributed by atoms with Gasteiger partial charge in [0.05, 0.1) is 5.56 Å². The maximum Gasteiger partial charge on any atom is 0.573 e. The molecule has 1 atom stereocenters. The molecule has 3 fully saturated rings. The Morgan fingerprint density at radius 2 is 1.89 bits per heavy atom. The minimum absolute atomic E-state index is 0.0725. The Bertz CT molecular complexity index is 826. The van der Waals surface area contributed by atoms with Gasteiger partial charge in [0.15, 0.2) is 5.76 Å². The predicted molar refractivity (Wildman–Crippen MR) is 91.2 cm³/mol. The number of rotatable bonds is 4. The Hall–Kier alpha value is -2.48. The topological polar surface area (TPSA) is 54.7 Å². The first-order valence-electron chi connectivity index (χ1n) is 8.87. The van der Waals surface area contributed by atoms with E-state index in [4.69, 9.17) is 4.42 Å². The van der Waals surface area contributed by atoms with Gasteiger partial charge in [0.25, 0.3) is 5.91 Å². The molecule has 3 aliphatic rings. The molecule has 144 valence electrons. The Labute approximate surface area is 154 Å². The van der Waals surface area contributed by atoms with Crippen LogP contribution in [0, 0.1) is 5.92 Å². The molecule has 0 saturated carbocycles. The number of nitrogens with zero attached hydrogens (tertiary/aromatic N) is 1. The summed E-state index contributed by atoms with van der Waals surface area (Å²) < 4.78 is 47.3. The number of benzene rings is 1. The van der Waals surface area contributed by atoms with Gasteiger partial charge >= 0.3 is 6.36 Å². The average molecular weight is 380 g/mol. The van der Waals surface area contributed by atoms with E-state index >= 15 is 0 Å². The highest BCUT2D eigenvalue weighted by Gasteiger charge is 2.35. The Morgan fingerprint density at radius 1 is 1.15 bits per heavy atom. The molecule has 1 amide bonds. The van der Waals surface area contributed by atoms with Gasteiger partial charge in [-0.25, -0.2) is 0 Å². The van der Waals surface area contributed by atoms with Gasteiger partial charge in [0.1, 0.15) is 11.5 Å². The number of amides is 1. The third-order valence-corrected chi connectivity index (χ3v) is 5.18. The Kier molecular flexibility index (Phi) is 4.59. The third-order valence-electron chi connectivity index (χ3n) is 5.18. The summed E-state index contributed by atoms with van der Waals surface area (Å²) in [4.78, 5) is 14.8. The zero-order valence-corrected chi connectivity index (χ0v) is 14.5. The minimum Gasteiger partial charge on any atom is -0.451 e. The fourth-order valence-electron chi connectivity index (χ4n) is 3.86. The lowest BCUT2D eigenvalue weighted by Gasteiger charge is -2.44. The van der Waals surface area contributed by atoms with Crippen LogP contribution in [0.4, 0.5) is 13.2 Å². The Balaban J connectivity index is 1.50. The summed E-state index contributed by atoms with van der Waals surface area (Å²) in [6.07, 6.45) is -2.68. The van der Waals surface area contributed by atoms with Gasteiger partial charge in [-0.2, -0.15) is 0 Å². The van der Waals surface area contributed by atoms with E-state index in [-0.39, 0.29) is 34.8 Å². The second kappa shape index (κ2) is 6.92. The lowest BCUT2D eigenvalue weighted by atomic mass is 9.84. The van der Waals surface area contributed by atoms with Crippen LogP contribution in [0.25, 0.3) is 11.3 Å². The number of piperidine rings is 3. The molecule has 27 heavy (non-hydrogen) atoms. The van der Waals surface area contributed by atoms with Crippen LogP contribution in [0.15, 0.2) is 40.8 Å². The van der Waals surface area contributed by atoms with E-state index in [1.807, 2.05) is 0 Å². The van der Waals surface area contributed by atoms with Gasteiger partial charge in [-0.15, -0.1) is 13.2 Å². The number of furan rings is 1. The maximum absolute atomic E-state index is 12.6. The fraction of sp³-hybridized carbons (Fsp3) is 0.421. The van der Waals surface area contributed by atoms with Gasteiger partial charge in [-0.05, 0) is 56.1 Å². The number of halogens is 3. The third kappa shape index (κ3) is 3.95. The standard InChI is InChI=1S/C19H19F3N2O3/c20-19(21,22)27-16-4-2-1-3-13(16)15-5-6-17(26-15)18(25)23-14-11-24-9-7-12(14)8-10-24/h1-6,12,14H,7-11H2,(H,23,25)/t14-/m0/s1. The van der Waals surface area contributed by atoms with Gasteiger partial charge in [-0.1, -0.05) is 12.1 Å². The van der Waals surface area contributed by atoms with Crippen molar-refractivity contribution in [2.45, 2.75) is 25.2 Å². The van der Waals surface area contributed by atoms with Crippen molar-refractivity contribution in [3.63, 3.8) is 0 Å². The van der Waals surface area contributed by atoms with E-state index < -0.39 is 6.36 Å². The zero-order valence-electron chi connectivity index (χ0n) is 14.5.